The lowest BCUT2D eigenvalue weighted by Gasteiger charge is -2.30. The van der Waals surface area contributed by atoms with Crippen LogP contribution in [0.1, 0.15) is 18.9 Å². The molecule has 0 radical (unpaired) electrons. The van der Waals surface area contributed by atoms with Gasteiger partial charge in [-0.15, -0.1) is 12.4 Å². The highest BCUT2D eigenvalue weighted by Gasteiger charge is 2.36. The first kappa shape index (κ1) is 30.1. The number of nitrogens with zero attached hydrogens (tertiary/aromatic N) is 5. The largest absolute Gasteiger partial charge is 0.480 e. The second kappa shape index (κ2) is 12.4. The summed E-state index contributed by atoms with van der Waals surface area (Å²) in [6.07, 6.45) is 2.42. The van der Waals surface area contributed by atoms with Gasteiger partial charge in [-0.05, 0) is 60.9 Å². The molecule has 10 nitrogen and oxygen atoms in total. The quantitative estimate of drug-likeness (QED) is 0.375. The monoisotopic (exact) mass is 626 g/mol. The Labute approximate surface area is 249 Å². The Morgan fingerprint density at radius 3 is 2.45 bits per heavy atom. The van der Waals surface area contributed by atoms with Gasteiger partial charge in [0.05, 0.1) is 10.6 Å². The highest BCUT2D eigenvalue weighted by Crippen LogP contribution is 2.38. The van der Waals surface area contributed by atoms with Crippen LogP contribution in [0.5, 0.6) is 0 Å². The number of sulfonamides is 1. The van der Waals surface area contributed by atoms with E-state index in [4.69, 9.17) is 28.2 Å². The van der Waals surface area contributed by atoms with Gasteiger partial charge in [0.15, 0.2) is 0 Å². The molecule has 1 saturated heterocycles. The number of carboxylic acids is 1. The third-order valence-corrected chi connectivity index (χ3v) is 9.12. The van der Waals surface area contributed by atoms with Gasteiger partial charge in [0, 0.05) is 54.7 Å². The summed E-state index contributed by atoms with van der Waals surface area (Å²) in [6, 6.07) is 9.66. The van der Waals surface area contributed by atoms with E-state index in [1.54, 1.807) is 31.3 Å². The van der Waals surface area contributed by atoms with Crippen LogP contribution in [-0.2, 0) is 21.2 Å². The van der Waals surface area contributed by atoms with Crippen molar-refractivity contribution in [1.82, 2.24) is 15.3 Å². The van der Waals surface area contributed by atoms with Crippen LogP contribution in [0, 0.1) is 0 Å². The Balaban J connectivity index is 0.00000370. The van der Waals surface area contributed by atoms with Crippen molar-refractivity contribution in [2.45, 2.75) is 30.7 Å². The molecule has 5 rings (SSSR count). The van der Waals surface area contributed by atoms with Gasteiger partial charge in [0.1, 0.15) is 11.9 Å². The number of piperazine rings is 1. The van der Waals surface area contributed by atoms with Gasteiger partial charge in [0.25, 0.3) is 10.0 Å². The summed E-state index contributed by atoms with van der Waals surface area (Å²) < 4.78 is 28.6. The number of hydrogen-bond acceptors (Lipinski definition) is 8. The zero-order valence-electron chi connectivity index (χ0n) is 21.6. The van der Waals surface area contributed by atoms with E-state index >= 15 is 0 Å². The van der Waals surface area contributed by atoms with E-state index in [1.165, 1.54) is 18.2 Å². The molecule has 0 spiro atoms. The van der Waals surface area contributed by atoms with Crippen LogP contribution < -0.4 is 19.4 Å². The van der Waals surface area contributed by atoms with E-state index in [2.05, 4.69) is 15.2 Å². The van der Waals surface area contributed by atoms with Crippen LogP contribution in [0.2, 0.25) is 10.0 Å². The summed E-state index contributed by atoms with van der Waals surface area (Å²) in [5, 5.41) is 13.6. The SMILES string of the molecule is CCC(C(=O)O)N(c1ccc2c(c1)CCN2c1nccc(N2CCNCC2)n1)S(=O)(=O)c1cc(Cl)cc(Cl)c1.Cl. The third kappa shape index (κ3) is 5.94. The van der Waals surface area contributed by atoms with Gasteiger partial charge in [-0.2, -0.15) is 4.98 Å². The Morgan fingerprint density at radius 2 is 1.80 bits per heavy atom. The molecule has 2 aromatic carbocycles. The standard InChI is InChI=1S/C26H28Cl2N6O4S.ClH/c1-2-22(25(35)36)34(39(37,38)21-15-18(27)14-19(28)16-21)20-3-4-23-17(13-20)6-10-33(23)26-30-7-5-24(31-26)32-11-8-29-9-12-32;/h3-5,7,13-16,22,29H,2,6,8-12H2,1H3,(H,35,36);1H. The van der Waals surface area contributed by atoms with E-state index in [1.807, 2.05) is 11.0 Å². The maximum atomic E-state index is 13.8. The number of halogens is 3. The topological polar surface area (TPSA) is 119 Å². The molecular weight excluding hydrogens is 599 g/mol. The summed E-state index contributed by atoms with van der Waals surface area (Å²) in [4.78, 5) is 25.5. The minimum Gasteiger partial charge on any atom is -0.480 e. The van der Waals surface area contributed by atoms with Gasteiger partial charge < -0.3 is 20.2 Å². The molecule has 214 valence electrons. The molecule has 3 aromatic rings. The van der Waals surface area contributed by atoms with Gasteiger partial charge in [0.2, 0.25) is 5.95 Å². The molecule has 2 aliphatic heterocycles. The second-order valence-corrected chi connectivity index (χ2v) is 12.0. The molecule has 1 atom stereocenters. The lowest BCUT2D eigenvalue weighted by atomic mass is 10.1. The van der Waals surface area contributed by atoms with Crippen molar-refractivity contribution >= 4 is 74.7 Å². The molecule has 2 N–H and O–H groups in total. The minimum absolute atomic E-state index is 0. The van der Waals surface area contributed by atoms with Gasteiger partial charge in [-0.25, -0.2) is 18.2 Å². The Bertz CT molecular complexity index is 1480. The van der Waals surface area contributed by atoms with Crippen molar-refractivity contribution in [3.63, 3.8) is 0 Å². The number of anilines is 4. The maximum Gasteiger partial charge on any atom is 0.327 e. The van der Waals surface area contributed by atoms with Gasteiger partial charge in [-0.3, -0.25) is 4.31 Å². The van der Waals surface area contributed by atoms with Gasteiger partial charge >= 0.3 is 5.97 Å². The van der Waals surface area contributed by atoms with Crippen molar-refractivity contribution in [1.29, 1.82) is 0 Å². The summed E-state index contributed by atoms with van der Waals surface area (Å²) in [5.74, 6) is 0.165. The van der Waals surface area contributed by atoms with E-state index in [-0.39, 0.29) is 39.5 Å². The second-order valence-electron chi connectivity index (χ2n) is 9.33. The molecule has 14 heteroatoms. The zero-order valence-corrected chi connectivity index (χ0v) is 24.8. The average Bonchev–Trinajstić information content (AvgIpc) is 3.34. The molecule has 0 amide bonds. The summed E-state index contributed by atoms with van der Waals surface area (Å²) >= 11 is 12.2. The predicted molar refractivity (Wildman–Crippen MR) is 159 cm³/mol. The van der Waals surface area contributed by atoms with Crippen LogP contribution in [0.3, 0.4) is 0 Å². The van der Waals surface area contributed by atoms with Crippen molar-refractivity contribution < 1.29 is 18.3 Å². The molecule has 0 aliphatic carbocycles. The third-order valence-electron chi connectivity index (χ3n) is 6.87. The van der Waals surface area contributed by atoms with E-state index in [0.29, 0.717) is 18.9 Å². The van der Waals surface area contributed by atoms with Gasteiger partial charge in [-0.1, -0.05) is 30.1 Å². The first-order chi connectivity index (χ1) is 18.7. The number of nitrogens with one attached hydrogen (secondary N) is 1. The number of aromatic nitrogens is 2. The van der Waals surface area contributed by atoms with Crippen LogP contribution in [0.15, 0.2) is 53.6 Å². The molecule has 3 heterocycles. The van der Waals surface area contributed by atoms with Crippen LogP contribution >= 0.6 is 35.6 Å². The van der Waals surface area contributed by atoms with E-state index < -0.39 is 22.0 Å². The lowest BCUT2D eigenvalue weighted by Crippen LogP contribution is -2.45. The summed E-state index contributed by atoms with van der Waals surface area (Å²) in [5.41, 5.74) is 1.97. The molecule has 1 unspecified atom stereocenters. The Kier molecular flexibility index (Phi) is 9.31. The number of carboxylic acid groups (broad SMARTS) is 1. The first-order valence-corrected chi connectivity index (χ1v) is 14.8. The van der Waals surface area contributed by atoms with E-state index in [9.17, 15) is 18.3 Å². The van der Waals surface area contributed by atoms with Crippen LogP contribution in [-0.4, -0.2) is 68.2 Å². The molecule has 2 aliphatic rings. The fourth-order valence-electron chi connectivity index (χ4n) is 4.99. The Morgan fingerprint density at radius 1 is 1.10 bits per heavy atom. The summed E-state index contributed by atoms with van der Waals surface area (Å²) in [7, 11) is -4.32. The van der Waals surface area contributed by atoms with Crippen molar-refractivity contribution in [2.75, 3.05) is 46.8 Å². The maximum absolute atomic E-state index is 13.8. The van der Waals surface area contributed by atoms with Crippen molar-refractivity contribution in [2.24, 2.45) is 0 Å². The smallest absolute Gasteiger partial charge is 0.327 e. The molecule has 1 fully saturated rings. The fraction of sp³-hybridized carbons (Fsp3) is 0.346. The fourth-order valence-corrected chi connectivity index (χ4v) is 7.39. The van der Waals surface area contributed by atoms with Crippen molar-refractivity contribution in [3.8, 4) is 0 Å². The molecule has 40 heavy (non-hydrogen) atoms. The van der Waals surface area contributed by atoms with Crippen molar-refractivity contribution in [3.05, 3.63) is 64.3 Å². The average molecular weight is 628 g/mol. The zero-order chi connectivity index (χ0) is 27.7. The first-order valence-electron chi connectivity index (χ1n) is 12.6. The number of carbonyl (C=O) groups is 1. The molecular formula is C26H29Cl3N6O4S. The number of hydrogen-bond donors (Lipinski definition) is 2. The van der Waals surface area contributed by atoms with Crippen LogP contribution in [0.25, 0.3) is 0 Å². The molecule has 1 aromatic heterocycles. The lowest BCUT2D eigenvalue weighted by molar-refractivity contribution is -0.138. The van der Waals surface area contributed by atoms with Crippen LogP contribution in [0.4, 0.5) is 23.1 Å². The molecule has 0 saturated carbocycles. The highest BCUT2D eigenvalue weighted by atomic mass is 35.5. The van der Waals surface area contributed by atoms with E-state index in [0.717, 1.165) is 47.6 Å². The minimum atomic E-state index is -4.32. The number of aliphatic carboxylic acids is 1. The number of fused-ring (bicyclic) bond motifs is 1. The predicted octanol–water partition coefficient (Wildman–Crippen LogP) is 4.37. The highest BCUT2D eigenvalue weighted by molar-refractivity contribution is 7.93. The summed E-state index contributed by atoms with van der Waals surface area (Å²) in [6.45, 7) is 5.75. The normalized spacial score (nSPS) is 15.8. The number of rotatable bonds is 8. The molecule has 0 bridgehead atoms. The number of benzene rings is 2. The Hall–Kier alpha value is -2.83.